The van der Waals surface area contributed by atoms with Crippen LogP contribution in [0.15, 0.2) is 41.2 Å². The van der Waals surface area contributed by atoms with Crippen molar-refractivity contribution in [3.05, 3.63) is 67.6 Å². The zero-order valence-electron chi connectivity index (χ0n) is 13.3. The van der Waals surface area contributed by atoms with Crippen molar-refractivity contribution < 1.29 is 9.72 Å². The number of nitrogens with one attached hydrogen (secondary N) is 1. The standard InChI is InChI=1S/C16H14N4O4S/c1-2-19(16(22)12-7-8-14(25-12)20(23)24)9-13-17-11-6-4-3-5-10(11)15(21)18-13/h3-8H,2,9H2,1H3,(H,17,18,21). The molecule has 1 amide bonds. The molecule has 2 heterocycles. The van der Waals surface area contributed by atoms with E-state index in [2.05, 4.69) is 9.97 Å². The molecule has 0 aliphatic carbocycles. The van der Waals surface area contributed by atoms with Crippen molar-refractivity contribution in [2.24, 2.45) is 0 Å². The summed E-state index contributed by atoms with van der Waals surface area (Å²) in [6, 6.07) is 9.69. The van der Waals surface area contributed by atoms with Crippen LogP contribution in [-0.4, -0.2) is 32.2 Å². The van der Waals surface area contributed by atoms with Crippen LogP contribution < -0.4 is 5.56 Å². The maximum absolute atomic E-state index is 12.6. The lowest BCUT2D eigenvalue weighted by molar-refractivity contribution is -0.380. The summed E-state index contributed by atoms with van der Waals surface area (Å²) < 4.78 is 0. The Labute approximate surface area is 145 Å². The van der Waals surface area contributed by atoms with E-state index in [0.29, 0.717) is 23.3 Å². The first-order valence-electron chi connectivity index (χ1n) is 7.51. The van der Waals surface area contributed by atoms with E-state index in [1.807, 2.05) is 0 Å². The number of para-hydroxylation sites is 1. The number of aromatic nitrogens is 2. The van der Waals surface area contributed by atoms with Crippen LogP contribution >= 0.6 is 11.3 Å². The summed E-state index contributed by atoms with van der Waals surface area (Å²) in [6.07, 6.45) is 0. The Kier molecular flexibility index (Phi) is 4.57. The predicted molar refractivity (Wildman–Crippen MR) is 93.8 cm³/mol. The Bertz CT molecular complexity index is 1010. The molecule has 0 unspecified atom stereocenters. The van der Waals surface area contributed by atoms with Crippen molar-refractivity contribution in [3.63, 3.8) is 0 Å². The lowest BCUT2D eigenvalue weighted by atomic mass is 10.2. The summed E-state index contributed by atoms with van der Waals surface area (Å²) in [7, 11) is 0. The van der Waals surface area contributed by atoms with E-state index in [0.717, 1.165) is 11.3 Å². The number of amides is 1. The Morgan fingerprint density at radius 1 is 1.32 bits per heavy atom. The van der Waals surface area contributed by atoms with Crippen LogP contribution in [0.4, 0.5) is 5.00 Å². The number of fused-ring (bicyclic) bond motifs is 1. The predicted octanol–water partition coefficient (Wildman–Crippen LogP) is 2.56. The highest BCUT2D eigenvalue weighted by Crippen LogP contribution is 2.25. The summed E-state index contributed by atoms with van der Waals surface area (Å²) in [4.78, 5) is 43.7. The van der Waals surface area contributed by atoms with E-state index in [-0.39, 0.29) is 27.9 Å². The minimum atomic E-state index is -0.528. The van der Waals surface area contributed by atoms with Crippen molar-refractivity contribution in [1.82, 2.24) is 14.9 Å². The highest BCUT2D eigenvalue weighted by molar-refractivity contribution is 7.17. The fraction of sp³-hybridized carbons (Fsp3) is 0.188. The van der Waals surface area contributed by atoms with Crippen molar-refractivity contribution in [2.45, 2.75) is 13.5 Å². The molecule has 128 valence electrons. The van der Waals surface area contributed by atoms with Gasteiger partial charge in [0, 0.05) is 12.6 Å². The smallest absolute Gasteiger partial charge is 0.324 e. The van der Waals surface area contributed by atoms with Gasteiger partial charge in [-0.1, -0.05) is 23.5 Å². The molecule has 8 nitrogen and oxygen atoms in total. The molecule has 3 aromatic rings. The summed E-state index contributed by atoms with van der Waals surface area (Å²) in [6.45, 7) is 2.28. The molecule has 0 atom stereocenters. The second-order valence-corrected chi connectivity index (χ2v) is 6.31. The number of nitro groups is 1. The van der Waals surface area contributed by atoms with E-state index in [9.17, 15) is 19.7 Å². The largest absolute Gasteiger partial charge is 0.331 e. The molecular formula is C16H14N4O4S. The minimum Gasteiger partial charge on any atom is -0.331 e. The van der Waals surface area contributed by atoms with Gasteiger partial charge in [-0.2, -0.15) is 0 Å². The fourth-order valence-electron chi connectivity index (χ4n) is 2.41. The van der Waals surface area contributed by atoms with Crippen molar-refractivity contribution in [3.8, 4) is 0 Å². The SMILES string of the molecule is CCN(Cc1nc2ccccc2c(=O)[nH]1)C(=O)c1ccc([N+](=O)[O-])s1. The lowest BCUT2D eigenvalue weighted by Gasteiger charge is -2.19. The van der Waals surface area contributed by atoms with Gasteiger partial charge in [0.1, 0.15) is 5.82 Å². The number of benzene rings is 1. The third-order valence-corrected chi connectivity index (χ3v) is 4.68. The zero-order valence-corrected chi connectivity index (χ0v) is 14.1. The third-order valence-electron chi connectivity index (χ3n) is 3.65. The zero-order chi connectivity index (χ0) is 18.0. The van der Waals surface area contributed by atoms with Crippen LogP contribution in [0.2, 0.25) is 0 Å². The molecular weight excluding hydrogens is 344 g/mol. The fourth-order valence-corrected chi connectivity index (χ4v) is 3.20. The van der Waals surface area contributed by atoms with Gasteiger partial charge in [-0.25, -0.2) is 4.98 Å². The third kappa shape index (κ3) is 3.41. The van der Waals surface area contributed by atoms with Crippen LogP contribution in [0.25, 0.3) is 10.9 Å². The van der Waals surface area contributed by atoms with Crippen LogP contribution in [0, 0.1) is 10.1 Å². The molecule has 3 rings (SSSR count). The maximum atomic E-state index is 12.6. The summed E-state index contributed by atoms with van der Waals surface area (Å²) in [5.41, 5.74) is 0.285. The van der Waals surface area contributed by atoms with Gasteiger partial charge in [-0.3, -0.25) is 19.7 Å². The molecule has 0 bridgehead atoms. The number of aromatic amines is 1. The molecule has 0 aliphatic rings. The highest BCUT2D eigenvalue weighted by Gasteiger charge is 2.21. The number of H-pyrrole nitrogens is 1. The maximum Gasteiger partial charge on any atom is 0.324 e. The molecule has 2 aromatic heterocycles. The van der Waals surface area contributed by atoms with Gasteiger partial charge in [0.05, 0.1) is 27.2 Å². The van der Waals surface area contributed by atoms with Gasteiger partial charge in [-0.05, 0) is 25.1 Å². The van der Waals surface area contributed by atoms with Gasteiger partial charge in [0.15, 0.2) is 0 Å². The lowest BCUT2D eigenvalue weighted by Crippen LogP contribution is -2.31. The summed E-state index contributed by atoms with van der Waals surface area (Å²) >= 11 is 0.826. The van der Waals surface area contributed by atoms with Crippen molar-refractivity contribution >= 4 is 33.1 Å². The van der Waals surface area contributed by atoms with E-state index in [4.69, 9.17) is 0 Å². The average Bonchev–Trinajstić information content (AvgIpc) is 3.09. The average molecular weight is 358 g/mol. The Balaban J connectivity index is 1.87. The highest BCUT2D eigenvalue weighted by atomic mass is 32.1. The van der Waals surface area contributed by atoms with E-state index in [1.54, 1.807) is 31.2 Å². The summed E-state index contributed by atoms with van der Waals surface area (Å²) in [5, 5.41) is 11.2. The molecule has 0 spiro atoms. The second-order valence-electron chi connectivity index (χ2n) is 5.24. The van der Waals surface area contributed by atoms with Crippen LogP contribution in [0.5, 0.6) is 0 Å². The molecule has 0 saturated carbocycles. The van der Waals surface area contributed by atoms with Crippen molar-refractivity contribution in [2.75, 3.05) is 6.54 Å². The van der Waals surface area contributed by atoms with Crippen LogP contribution in [-0.2, 0) is 6.54 Å². The number of hydrogen-bond acceptors (Lipinski definition) is 6. The van der Waals surface area contributed by atoms with Gasteiger partial charge in [0.2, 0.25) is 0 Å². The molecule has 0 aliphatic heterocycles. The topological polar surface area (TPSA) is 109 Å². The monoisotopic (exact) mass is 358 g/mol. The second kappa shape index (κ2) is 6.81. The quantitative estimate of drug-likeness (QED) is 0.557. The van der Waals surface area contributed by atoms with Crippen LogP contribution in [0.3, 0.4) is 0 Å². The van der Waals surface area contributed by atoms with Gasteiger partial charge in [0.25, 0.3) is 11.5 Å². The number of carbonyl (C=O) groups is 1. The molecule has 1 aromatic carbocycles. The van der Waals surface area contributed by atoms with Crippen LogP contribution in [0.1, 0.15) is 22.4 Å². The van der Waals surface area contributed by atoms with E-state index < -0.39 is 4.92 Å². The number of hydrogen-bond donors (Lipinski definition) is 1. The van der Waals surface area contributed by atoms with E-state index in [1.165, 1.54) is 17.0 Å². The van der Waals surface area contributed by atoms with Gasteiger partial charge >= 0.3 is 5.00 Å². The molecule has 25 heavy (non-hydrogen) atoms. The molecule has 0 fully saturated rings. The Morgan fingerprint density at radius 2 is 2.08 bits per heavy atom. The first kappa shape index (κ1) is 16.8. The normalized spacial score (nSPS) is 10.8. The first-order valence-corrected chi connectivity index (χ1v) is 8.32. The summed E-state index contributed by atoms with van der Waals surface area (Å²) in [5.74, 6) is 0.0290. The number of rotatable bonds is 5. The minimum absolute atomic E-state index is 0.0864. The number of thiophene rings is 1. The van der Waals surface area contributed by atoms with Gasteiger partial charge in [-0.15, -0.1) is 0 Å². The first-order chi connectivity index (χ1) is 12.0. The van der Waals surface area contributed by atoms with E-state index >= 15 is 0 Å². The molecule has 9 heteroatoms. The Hall–Kier alpha value is -3.07. The number of carbonyl (C=O) groups excluding carboxylic acids is 1. The molecule has 1 N–H and O–H groups in total. The number of nitrogens with zero attached hydrogens (tertiary/aromatic N) is 3. The molecule has 0 radical (unpaired) electrons. The molecule has 0 saturated heterocycles. The Morgan fingerprint density at radius 3 is 2.76 bits per heavy atom. The van der Waals surface area contributed by atoms with Gasteiger partial charge < -0.3 is 9.88 Å². The van der Waals surface area contributed by atoms with Crippen molar-refractivity contribution in [1.29, 1.82) is 0 Å².